The van der Waals surface area contributed by atoms with Gasteiger partial charge >= 0.3 is 0 Å². The fourth-order valence-corrected chi connectivity index (χ4v) is 4.20. The number of fused-ring (bicyclic) bond motifs is 1. The minimum absolute atomic E-state index is 0.367. The number of rotatable bonds is 8. The molecule has 0 spiro atoms. The number of anilines is 2. The van der Waals surface area contributed by atoms with Crippen molar-refractivity contribution in [1.82, 2.24) is 4.98 Å². The standard InChI is InChI=1S/C22H26N4O2S/c1-6-7-8-11-26(16-9-10-25-21(23)20(16)24-5)14-29-19-13-18-17(12-15(19)2)27-22(3,4)28-18/h1,9-10,12-13H,5,7-8,11,14H2,2-4H3,(H2,23,25). The van der Waals surface area contributed by atoms with Gasteiger partial charge in [0, 0.05) is 37.9 Å². The Bertz CT molecular complexity index is 953. The lowest BCUT2D eigenvalue weighted by atomic mass is 10.2. The second-order valence-electron chi connectivity index (χ2n) is 7.23. The summed E-state index contributed by atoms with van der Waals surface area (Å²) in [5.74, 6) is 4.67. The smallest absolute Gasteiger partial charge is 0.246 e. The summed E-state index contributed by atoms with van der Waals surface area (Å²) in [6, 6.07) is 5.97. The number of nitrogen functional groups attached to an aromatic ring is 1. The molecule has 0 amide bonds. The maximum atomic E-state index is 6.00. The molecular formula is C22H26N4O2S. The SMILES string of the molecule is C#CCCCN(CSc1cc2c(cc1C)OC(C)(C)O2)c1ccnc(N)c1N=C. The van der Waals surface area contributed by atoms with E-state index in [2.05, 4.69) is 34.4 Å². The lowest BCUT2D eigenvalue weighted by Crippen LogP contribution is -2.29. The Kier molecular flexibility index (Phi) is 6.23. The average molecular weight is 411 g/mol. The number of pyridine rings is 1. The third-order valence-corrected chi connectivity index (χ3v) is 5.70. The third kappa shape index (κ3) is 4.77. The Morgan fingerprint density at radius 1 is 1.34 bits per heavy atom. The number of ether oxygens (including phenoxy) is 2. The van der Waals surface area contributed by atoms with Gasteiger partial charge in [-0.3, -0.25) is 4.99 Å². The summed E-state index contributed by atoms with van der Waals surface area (Å²) < 4.78 is 11.7. The summed E-state index contributed by atoms with van der Waals surface area (Å²) in [5.41, 5.74) is 8.63. The van der Waals surface area contributed by atoms with E-state index < -0.39 is 5.79 Å². The van der Waals surface area contributed by atoms with Gasteiger partial charge in [-0.1, -0.05) is 0 Å². The first-order chi connectivity index (χ1) is 13.8. The zero-order valence-electron chi connectivity index (χ0n) is 17.1. The molecule has 1 aliphatic heterocycles. The molecule has 2 N–H and O–H groups in total. The number of hydrogen-bond acceptors (Lipinski definition) is 7. The Morgan fingerprint density at radius 3 is 2.76 bits per heavy atom. The number of nitrogens with two attached hydrogens (primary N) is 1. The molecule has 7 heteroatoms. The summed E-state index contributed by atoms with van der Waals surface area (Å²) in [7, 11) is 0. The van der Waals surface area contributed by atoms with Crippen LogP contribution < -0.4 is 20.1 Å². The molecule has 0 saturated carbocycles. The summed E-state index contributed by atoms with van der Waals surface area (Å²) >= 11 is 1.71. The predicted octanol–water partition coefficient (Wildman–Crippen LogP) is 4.78. The minimum atomic E-state index is -0.640. The number of aliphatic imine (C=N–C) groups is 1. The second-order valence-corrected chi connectivity index (χ2v) is 8.22. The molecule has 1 aromatic heterocycles. The molecule has 0 atom stereocenters. The van der Waals surface area contributed by atoms with Crippen LogP contribution in [0.25, 0.3) is 0 Å². The molecule has 0 unspecified atom stereocenters. The van der Waals surface area contributed by atoms with Gasteiger partial charge in [-0.05, 0) is 43.8 Å². The molecule has 29 heavy (non-hydrogen) atoms. The van der Waals surface area contributed by atoms with Crippen LogP contribution in [0.2, 0.25) is 0 Å². The molecule has 0 saturated heterocycles. The molecule has 0 aliphatic carbocycles. The Morgan fingerprint density at radius 2 is 2.07 bits per heavy atom. The van der Waals surface area contributed by atoms with Gasteiger partial charge in [0.1, 0.15) is 5.69 Å². The van der Waals surface area contributed by atoms with Crippen molar-refractivity contribution in [3.63, 3.8) is 0 Å². The van der Waals surface area contributed by atoms with Crippen LogP contribution in [-0.2, 0) is 0 Å². The van der Waals surface area contributed by atoms with E-state index in [4.69, 9.17) is 21.6 Å². The first-order valence-electron chi connectivity index (χ1n) is 9.39. The highest BCUT2D eigenvalue weighted by Crippen LogP contribution is 2.43. The largest absolute Gasteiger partial charge is 0.449 e. The van der Waals surface area contributed by atoms with Crippen molar-refractivity contribution in [3.05, 3.63) is 30.0 Å². The summed E-state index contributed by atoms with van der Waals surface area (Å²) in [5, 5.41) is 0. The molecule has 0 fully saturated rings. The van der Waals surface area contributed by atoms with Crippen LogP contribution in [0.15, 0.2) is 34.3 Å². The number of aryl methyl sites for hydroxylation is 1. The van der Waals surface area contributed by atoms with Gasteiger partial charge < -0.3 is 20.1 Å². The Hall–Kier alpha value is -2.85. The topological polar surface area (TPSA) is 73.0 Å². The van der Waals surface area contributed by atoms with Crippen LogP contribution in [-0.4, -0.2) is 29.9 Å². The number of thioether (sulfide) groups is 1. The maximum absolute atomic E-state index is 6.00. The molecule has 1 aromatic carbocycles. The normalized spacial score (nSPS) is 13.7. The van der Waals surface area contributed by atoms with E-state index in [1.165, 1.54) is 0 Å². The Balaban J connectivity index is 1.82. The van der Waals surface area contributed by atoms with Gasteiger partial charge in [-0.2, -0.15) is 0 Å². The molecular weight excluding hydrogens is 384 g/mol. The van der Waals surface area contributed by atoms with Gasteiger partial charge in [-0.25, -0.2) is 4.98 Å². The van der Waals surface area contributed by atoms with Crippen LogP contribution in [0.1, 0.15) is 32.3 Å². The number of terminal acetylenes is 1. The van der Waals surface area contributed by atoms with Crippen LogP contribution in [0, 0.1) is 19.3 Å². The number of aromatic nitrogens is 1. The molecule has 2 aromatic rings. The van der Waals surface area contributed by atoms with Crippen molar-refractivity contribution in [2.75, 3.05) is 23.1 Å². The number of hydrogen-bond donors (Lipinski definition) is 1. The lowest BCUT2D eigenvalue weighted by molar-refractivity contribution is -0.0432. The average Bonchev–Trinajstić information content (AvgIpc) is 2.97. The first kappa shape index (κ1) is 20.9. The second kappa shape index (κ2) is 8.66. The summed E-state index contributed by atoms with van der Waals surface area (Å²) in [6.45, 7) is 10.3. The predicted molar refractivity (Wildman–Crippen MR) is 121 cm³/mol. The van der Waals surface area contributed by atoms with Gasteiger partial charge in [0.2, 0.25) is 5.79 Å². The van der Waals surface area contributed by atoms with E-state index in [1.54, 1.807) is 18.0 Å². The zero-order chi connectivity index (χ0) is 21.0. The van der Waals surface area contributed by atoms with E-state index in [-0.39, 0.29) is 0 Å². The van der Waals surface area contributed by atoms with E-state index >= 15 is 0 Å². The van der Waals surface area contributed by atoms with Gasteiger partial charge in [0.05, 0.1) is 11.6 Å². The fourth-order valence-electron chi connectivity index (χ4n) is 3.16. The van der Waals surface area contributed by atoms with E-state index in [1.807, 2.05) is 32.0 Å². The maximum Gasteiger partial charge on any atom is 0.246 e. The number of benzene rings is 1. The number of nitrogens with zero attached hydrogens (tertiary/aromatic N) is 3. The number of unbranched alkanes of at least 4 members (excludes halogenated alkanes) is 1. The molecule has 152 valence electrons. The van der Waals surface area contributed by atoms with Gasteiger partial charge in [0.25, 0.3) is 0 Å². The Labute approximate surface area is 176 Å². The zero-order valence-corrected chi connectivity index (χ0v) is 17.9. The van der Waals surface area contributed by atoms with Crippen LogP contribution >= 0.6 is 11.8 Å². The van der Waals surface area contributed by atoms with E-state index in [0.29, 0.717) is 23.8 Å². The van der Waals surface area contributed by atoms with Crippen molar-refractivity contribution >= 4 is 35.7 Å². The molecule has 0 bridgehead atoms. The van der Waals surface area contributed by atoms with Gasteiger partial charge in [0.15, 0.2) is 17.3 Å². The van der Waals surface area contributed by atoms with Crippen molar-refractivity contribution in [3.8, 4) is 23.8 Å². The first-order valence-corrected chi connectivity index (χ1v) is 10.4. The lowest BCUT2D eigenvalue weighted by Gasteiger charge is -2.26. The summed E-state index contributed by atoms with van der Waals surface area (Å²) in [6.07, 6.45) is 8.69. The molecule has 3 rings (SSSR count). The van der Waals surface area contributed by atoms with E-state index in [9.17, 15) is 0 Å². The fraction of sp³-hybridized carbons (Fsp3) is 0.364. The highest BCUT2D eigenvalue weighted by atomic mass is 32.2. The third-order valence-electron chi connectivity index (χ3n) is 4.51. The monoisotopic (exact) mass is 410 g/mol. The quantitative estimate of drug-likeness (QED) is 0.222. The van der Waals surface area contributed by atoms with Crippen molar-refractivity contribution in [2.45, 2.75) is 44.3 Å². The molecule has 0 radical (unpaired) electrons. The minimum Gasteiger partial charge on any atom is -0.449 e. The summed E-state index contributed by atoms with van der Waals surface area (Å²) in [4.78, 5) is 11.5. The highest BCUT2D eigenvalue weighted by Gasteiger charge is 2.32. The van der Waals surface area contributed by atoms with Gasteiger partial charge in [-0.15, -0.1) is 24.1 Å². The van der Waals surface area contributed by atoms with Crippen molar-refractivity contribution < 1.29 is 9.47 Å². The van der Waals surface area contributed by atoms with Crippen LogP contribution in [0.4, 0.5) is 17.2 Å². The van der Waals surface area contributed by atoms with Crippen LogP contribution in [0.3, 0.4) is 0 Å². The molecule has 6 nitrogen and oxygen atoms in total. The molecule has 1 aliphatic rings. The highest BCUT2D eigenvalue weighted by molar-refractivity contribution is 7.99. The van der Waals surface area contributed by atoms with E-state index in [0.717, 1.165) is 40.6 Å². The van der Waals surface area contributed by atoms with Crippen LogP contribution in [0.5, 0.6) is 11.5 Å². The van der Waals surface area contributed by atoms with Crippen molar-refractivity contribution in [1.29, 1.82) is 0 Å². The van der Waals surface area contributed by atoms with Crippen molar-refractivity contribution in [2.24, 2.45) is 4.99 Å². The molecule has 2 heterocycles.